The number of nitrogens with one attached hydrogen (secondary N) is 1. The third kappa shape index (κ3) is 6.23. The predicted molar refractivity (Wildman–Crippen MR) is 125 cm³/mol. The summed E-state index contributed by atoms with van der Waals surface area (Å²) in [5.74, 6) is 0.743. The lowest BCUT2D eigenvalue weighted by Gasteiger charge is -2.14. The van der Waals surface area contributed by atoms with E-state index in [1.807, 2.05) is 80.6 Å². The van der Waals surface area contributed by atoms with Gasteiger partial charge in [0.2, 0.25) is 0 Å². The molecule has 0 aliphatic carbocycles. The first-order valence-corrected chi connectivity index (χ1v) is 10.5. The van der Waals surface area contributed by atoms with Gasteiger partial charge in [-0.1, -0.05) is 66.7 Å². The van der Waals surface area contributed by atoms with Crippen molar-refractivity contribution in [2.24, 2.45) is 0 Å². The second kappa shape index (κ2) is 11.4. The van der Waals surface area contributed by atoms with Gasteiger partial charge in [-0.2, -0.15) is 5.26 Å². The van der Waals surface area contributed by atoms with Gasteiger partial charge in [0.05, 0.1) is 12.6 Å². The Morgan fingerprint density at radius 1 is 1.00 bits per heavy atom. The van der Waals surface area contributed by atoms with Crippen LogP contribution in [0.4, 0.5) is 0 Å². The fraction of sp³-hybridized carbons (Fsp3) is 0.185. The lowest BCUT2D eigenvalue weighted by Crippen LogP contribution is -2.27. The Morgan fingerprint density at radius 3 is 2.34 bits per heavy atom. The van der Waals surface area contributed by atoms with Crippen molar-refractivity contribution >= 4 is 12.0 Å². The molecule has 3 aromatic carbocycles. The van der Waals surface area contributed by atoms with Crippen molar-refractivity contribution in [3.8, 4) is 17.6 Å². The van der Waals surface area contributed by atoms with Crippen LogP contribution in [0.25, 0.3) is 6.08 Å². The van der Waals surface area contributed by atoms with Crippen LogP contribution in [0.1, 0.15) is 36.6 Å². The molecule has 0 bridgehead atoms. The van der Waals surface area contributed by atoms with Crippen LogP contribution in [0, 0.1) is 11.3 Å². The Labute approximate surface area is 188 Å². The zero-order valence-corrected chi connectivity index (χ0v) is 18.2. The van der Waals surface area contributed by atoms with Gasteiger partial charge < -0.3 is 14.8 Å². The van der Waals surface area contributed by atoms with E-state index in [9.17, 15) is 10.1 Å². The molecule has 1 N–H and O–H groups in total. The molecule has 5 heteroatoms. The van der Waals surface area contributed by atoms with Crippen molar-refractivity contribution in [2.75, 3.05) is 6.61 Å². The molecule has 5 nitrogen and oxygen atoms in total. The summed E-state index contributed by atoms with van der Waals surface area (Å²) in [5.41, 5.74) is 2.72. The Balaban J connectivity index is 1.75. The molecule has 0 radical (unpaired) electrons. The highest BCUT2D eigenvalue weighted by atomic mass is 16.5. The van der Waals surface area contributed by atoms with E-state index in [0.29, 0.717) is 30.3 Å². The minimum absolute atomic E-state index is 0.0215. The molecule has 1 atom stereocenters. The second-order valence-electron chi connectivity index (χ2n) is 7.19. The molecule has 0 saturated carbocycles. The van der Waals surface area contributed by atoms with Crippen LogP contribution < -0.4 is 14.8 Å². The molecular weight excluding hydrogens is 400 g/mol. The van der Waals surface area contributed by atoms with Gasteiger partial charge in [-0.05, 0) is 48.7 Å². The largest absolute Gasteiger partial charge is 0.490 e. The van der Waals surface area contributed by atoms with Crippen molar-refractivity contribution in [3.05, 3.63) is 101 Å². The van der Waals surface area contributed by atoms with E-state index < -0.39 is 5.91 Å². The molecule has 0 heterocycles. The van der Waals surface area contributed by atoms with Crippen LogP contribution in [0.2, 0.25) is 0 Å². The molecule has 0 aliphatic rings. The first-order valence-electron chi connectivity index (χ1n) is 10.5. The summed E-state index contributed by atoms with van der Waals surface area (Å²) in [7, 11) is 0. The molecule has 32 heavy (non-hydrogen) atoms. The van der Waals surface area contributed by atoms with E-state index in [1.54, 1.807) is 24.3 Å². The van der Waals surface area contributed by atoms with E-state index in [4.69, 9.17) is 9.47 Å². The number of ether oxygens (including phenoxy) is 2. The Bertz CT molecular complexity index is 1100. The maximum atomic E-state index is 12.6. The van der Waals surface area contributed by atoms with Gasteiger partial charge in [0.15, 0.2) is 11.5 Å². The van der Waals surface area contributed by atoms with Gasteiger partial charge in [0, 0.05) is 0 Å². The average molecular weight is 427 g/mol. The summed E-state index contributed by atoms with van der Waals surface area (Å²) in [5, 5.41) is 12.4. The molecule has 0 saturated heterocycles. The zero-order chi connectivity index (χ0) is 22.8. The summed E-state index contributed by atoms with van der Waals surface area (Å²) in [6.07, 6.45) is 1.55. The van der Waals surface area contributed by atoms with Gasteiger partial charge in [0.25, 0.3) is 5.91 Å². The summed E-state index contributed by atoms with van der Waals surface area (Å²) >= 11 is 0. The standard InChI is InChI=1S/C27H26N2O3/c1-3-31-26-17-22(14-15-25(26)32-19-21-10-6-4-7-11-21)16-24(18-28)27(30)29-20(2)23-12-8-5-9-13-23/h4-17,20H,3,19H2,1-2H3,(H,29,30)/b24-16+/t20-/m1/s1. The number of hydrogen-bond acceptors (Lipinski definition) is 4. The van der Waals surface area contributed by atoms with Crippen molar-refractivity contribution < 1.29 is 14.3 Å². The maximum absolute atomic E-state index is 12.6. The first kappa shape index (κ1) is 22.6. The number of nitriles is 1. The molecule has 0 aliphatic heterocycles. The van der Waals surface area contributed by atoms with E-state index in [2.05, 4.69) is 5.32 Å². The SMILES string of the molecule is CCOc1cc(/C=C(\C#N)C(=O)N[C@H](C)c2ccccc2)ccc1OCc1ccccc1. The molecule has 3 rings (SSSR count). The summed E-state index contributed by atoms with van der Waals surface area (Å²) < 4.78 is 11.6. The molecule has 3 aromatic rings. The fourth-order valence-corrected chi connectivity index (χ4v) is 3.15. The molecule has 0 spiro atoms. The van der Waals surface area contributed by atoms with Crippen LogP contribution in [-0.4, -0.2) is 12.5 Å². The summed E-state index contributed by atoms with van der Waals surface area (Å²) in [6.45, 7) is 4.66. The topological polar surface area (TPSA) is 71.3 Å². The third-order valence-corrected chi connectivity index (χ3v) is 4.83. The van der Waals surface area contributed by atoms with Crippen molar-refractivity contribution in [1.29, 1.82) is 5.26 Å². The number of hydrogen-bond donors (Lipinski definition) is 1. The van der Waals surface area contributed by atoms with Gasteiger partial charge in [0.1, 0.15) is 18.2 Å². The zero-order valence-electron chi connectivity index (χ0n) is 18.2. The van der Waals surface area contributed by atoms with Crippen molar-refractivity contribution in [2.45, 2.75) is 26.5 Å². The summed E-state index contributed by atoms with van der Waals surface area (Å²) in [4.78, 5) is 12.6. The van der Waals surface area contributed by atoms with Crippen molar-refractivity contribution in [1.82, 2.24) is 5.32 Å². The van der Waals surface area contributed by atoms with Crippen LogP contribution in [0.5, 0.6) is 11.5 Å². The molecule has 162 valence electrons. The normalized spacial score (nSPS) is 11.8. The Hall–Kier alpha value is -4.04. The lowest BCUT2D eigenvalue weighted by molar-refractivity contribution is -0.117. The molecule has 0 aromatic heterocycles. The third-order valence-electron chi connectivity index (χ3n) is 4.83. The molecule has 0 unspecified atom stereocenters. The number of amides is 1. The predicted octanol–water partition coefficient (Wildman–Crippen LogP) is 5.45. The van der Waals surface area contributed by atoms with E-state index in [1.165, 1.54) is 0 Å². The number of nitrogens with zero attached hydrogens (tertiary/aromatic N) is 1. The van der Waals surface area contributed by atoms with Crippen molar-refractivity contribution in [3.63, 3.8) is 0 Å². The number of carbonyl (C=O) groups excluding carboxylic acids is 1. The molecular formula is C27H26N2O3. The molecule has 1 amide bonds. The van der Waals surface area contributed by atoms with E-state index >= 15 is 0 Å². The minimum Gasteiger partial charge on any atom is -0.490 e. The van der Waals surface area contributed by atoms with Crippen LogP contribution in [-0.2, 0) is 11.4 Å². The lowest BCUT2D eigenvalue weighted by atomic mass is 10.1. The average Bonchev–Trinajstić information content (AvgIpc) is 2.83. The smallest absolute Gasteiger partial charge is 0.262 e. The number of rotatable bonds is 9. The van der Waals surface area contributed by atoms with E-state index in [-0.39, 0.29) is 11.6 Å². The second-order valence-corrected chi connectivity index (χ2v) is 7.19. The number of carbonyl (C=O) groups is 1. The van der Waals surface area contributed by atoms with Gasteiger partial charge in [-0.3, -0.25) is 4.79 Å². The quantitative estimate of drug-likeness (QED) is 0.365. The van der Waals surface area contributed by atoms with Gasteiger partial charge >= 0.3 is 0 Å². The Kier molecular flexibility index (Phi) is 8.05. The van der Waals surface area contributed by atoms with Crippen LogP contribution in [0.15, 0.2) is 84.4 Å². The summed E-state index contributed by atoms with van der Waals surface area (Å²) in [6, 6.07) is 26.6. The van der Waals surface area contributed by atoms with Gasteiger partial charge in [-0.25, -0.2) is 0 Å². The highest BCUT2D eigenvalue weighted by molar-refractivity contribution is 6.01. The minimum atomic E-state index is -0.425. The Morgan fingerprint density at radius 2 is 1.69 bits per heavy atom. The first-order chi connectivity index (χ1) is 15.6. The van der Waals surface area contributed by atoms with Crippen LogP contribution in [0.3, 0.4) is 0 Å². The maximum Gasteiger partial charge on any atom is 0.262 e. The van der Waals surface area contributed by atoms with Crippen LogP contribution >= 0.6 is 0 Å². The molecule has 0 fully saturated rings. The monoisotopic (exact) mass is 426 g/mol. The van der Waals surface area contributed by atoms with E-state index in [0.717, 1.165) is 11.1 Å². The fourth-order valence-electron chi connectivity index (χ4n) is 3.15. The van der Waals surface area contributed by atoms with Gasteiger partial charge in [-0.15, -0.1) is 0 Å². The highest BCUT2D eigenvalue weighted by Crippen LogP contribution is 2.30. The highest BCUT2D eigenvalue weighted by Gasteiger charge is 2.14. The number of benzene rings is 3.